The molecule has 1 aliphatic rings. The number of fused-ring (bicyclic) bond motifs is 1. The van der Waals surface area contributed by atoms with E-state index in [0.717, 1.165) is 38.4 Å². The molecule has 0 aliphatic carbocycles. The molecule has 0 radical (unpaired) electrons. The maximum Gasteiger partial charge on any atom is 0.0367 e. The van der Waals surface area contributed by atoms with Crippen LogP contribution in [0.5, 0.6) is 0 Å². The summed E-state index contributed by atoms with van der Waals surface area (Å²) in [5.41, 5.74) is 8.06. The van der Waals surface area contributed by atoms with Gasteiger partial charge < -0.3 is 10.6 Å². The van der Waals surface area contributed by atoms with Crippen LogP contribution in [0.25, 0.3) is 10.1 Å². The average molecular weight is 323 g/mol. The van der Waals surface area contributed by atoms with E-state index < -0.39 is 0 Å². The van der Waals surface area contributed by atoms with Crippen LogP contribution in [0.1, 0.15) is 4.88 Å². The van der Waals surface area contributed by atoms with Crippen LogP contribution < -0.4 is 10.6 Å². The predicted octanol–water partition coefficient (Wildman–Crippen LogP) is 3.81. The van der Waals surface area contributed by atoms with Crippen molar-refractivity contribution in [3.8, 4) is 0 Å². The average Bonchev–Trinajstić information content (AvgIpc) is 2.97. The van der Waals surface area contributed by atoms with Gasteiger partial charge in [0, 0.05) is 53.7 Å². The predicted molar refractivity (Wildman–Crippen MR) is 100 cm³/mol. The minimum atomic E-state index is 0.846. The van der Waals surface area contributed by atoms with Crippen molar-refractivity contribution in [1.29, 1.82) is 0 Å². The molecule has 1 aliphatic heterocycles. The third-order valence-electron chi connectivity index (χ3n) is 4.46. The lowest BCUT2D eigenvalue weighted by Crippen LogP contribution is -2.45. The summed E-state index contributed by atoms with van der Waals surface area (Å²) >= 11 is 1.89. The maximum atomic E-state index is 5.88. The third kappa shape index (κ3) is 3.19. The molecule has 23 heavy (non-hydrogen) atoms. The molecule has 0 unspecified atom stereocenters. The van der Waals surface area contributed by atoms with Crippen LogP contribution in [0.2, 0.25) is 0 Å². The SMILES string of the molecule is Nc1ccc2sc(CN3CCN(c4ccccc4)CC3)cc2c1. The Bertz CT molecular complexity index is 789. The number of para-hydroxylation sites is 1. The van der Waals surface area contributed by atoms with Gasteiger partial charge in [0.05, 0.1) is 0 Å². The van der Waals surface area contributed by atoms with Crippen LogP contribution in [0.3, 0.4) is 0 Å². The highest BCUT2D eigenvalue weighted by Gasteiger charge is 2.17. The fourth-order valence-electron chi connectivity index (χ4n) is 3.22. The number of nitrogens with two attached hydrogens (primary N) is 1. The molecule has 1 fully saturated rings. The van der Waals surface area contributed by atoms with Crippen LogP contribution in [0.15, 0.2) is 54.6 Å². The van der Waals surface area contributed by atoms with Crippen molar-refractivity contribution in [3.63, 3.8) is 0 Å². The van der Waals surface area contributed by atoms with Gasteiger partial charge in [0.25, 0.3) is 0 Å². The van der Waals surface area contributed by atoms with Gasteiger partial charge in [-0.05, 0) is 41.8 Å². The van der Waals surface area contributed by atoms with Crippen molar-refractivity contribution in [2.45, 2.75) is 6.54 Å². The molecule has 0 spiro atoms. The molecule has 2 heterocycles. The molecule has 4 heteroatoms. The van der Waals surface area contributed by atoms with Gasteiger partial charge in [-0.25, -0.2) is 0 Å². The summed E-state index contributed by atoms with van der Waals surface area (Å²) < 4.78 is 1.33. The van der Waals surface area contributed by atoms with Gasteiger partial charge in [-0.15, -0.1) is 11.3 Å². The lowest BCUT2D eigenvalue weighted by Gasteiger charge is -2.35. The van der Waals surface area contributed by atoms with E-state index in [1.54, 1.807) is 0 Å². The molecule has 2 N–H and O–H groups in total. The monoisotopic (exact) mass is 323 g/mol. The van der Waals surface area contributed by atoms with Gasteiger partial charge in [0.15, 0.2) is 0 Å². The molecule has 0 amide bonds. The van der Waals surface area contributed by atoms with Crippen molar-refractivity contribution in [2.24, 2.45) is 0 Å². The number of hydrogen-bond acceptors (Lipinski definition) is 4. The smallest absolute Gasteiger partial charge is 0.0367 e. The zero-order chi connectivity index (χ0) is 15.6. The topological polar surface area (TPSA) is 32.5 Å². The Morgan fingerprint density at radius 3 is 2.48 bits per heavy atom. The molecule has 1 saturated heterocycles. The minimum absolute atomic E-state index is 0.846. The fourth-order valence-corrected chi connectivity index (χ4v) is 4.31. The molecule has 118 valence electrons. The molecule has 2 aromatic carbocycles. The molecule has 4 rings (SSSR count). The van der Waals surface area contributed by atoms with E-state index in [2.05, 4.69) is 58.3 Å². The van der Waals surface area contributed by atoms with Crippen molar-refractivity contribution in [1.82, 2.24) is 4.90 Å². The second-order valence-corrected chi connectivity index (χ2v) is 7.28. The Labute approximate surface area is 140 Å². The number of piperazine rings is 1. The van der Waals surface area contributed by atoms with E-state index in [0.29, 0.717) is 0 Å². The van der Waals surface area contributed by atoms with Gasteiger partial charge in [0.2, 0.25) is 0 Å². The van der Waals surface area contributed by atoms with E-state index in [9.17, 15) is 0 Å². The van der Waals surface area contributed by atoms with Gasteiger partial charge in [-0.2, -0.15) is 0 Å². The summed E-state index contributed by atoms with van der Waals surface area (Å²) in [7, 11) is 0. The summed E-state index contributed by atoms with van der Waals surface area (Å²) in [6, 6.07) is 19.2. The van der Waals surface area contributed by atoms with Crippen molar-refractivity contribution in [3.05, 3.63) is 59.5 Å². The molecule has 3 aromatic rings. The quantitative estimate of drug-likeness (QED) is 0.744. The Morgan fingerprint density at radius 2 is 1.70 bits per heavy atom. The fraction of sp³-hybridized carbons (Fsp3) is 0.263. The van der Waals surface area contributed by atoms with Crippen LogP contribution in [0, 0.1) is 0 Å². The van der Waals surface area contributed by atoms with E-state index in [-0.39, 0.29) is 0 Å². The second-order valence-electron chi connectivity index (χ2n) is 6.11. The van der Waals surface area contributed by atoms with Crippen molar-refractivity contribution >= 4 is 32.8 Å². The third-order valence-corrected chi connectivity index (χ3v) is 5.57. The van der Waals surface area contributed by atoms with E-state index >= 15 is 0 Å². The standard InChI is InChI=1S/C19H21N3S/c20-16-6-7-19-15(12-16)13-18(23-19)14-21-8-10-22(11-9-21)17-4-2-1-3-5-17/h1-7,12-13H,8-11,14,20H2. The molecular formula is C19H21N3S. The summed E-state index contributed by atoms with van der Waals surface area (Å²) in [6.45, 7) is 5.47. The zero-order valence-corrected chi connectivity index (χ0v) is 13.9. The molecule has 0 atom stereocenters. The molecule has 0 bridgehead atoms. The summed E-state index contributed by atoms with van der Waals surface area (Å²) in [4.78, 5) is 6.45. The molecular weight excluding hydrogens is 302 g/mol. The molecule has 0 saturated carbocycles. The van der Waals surface area contributed by atoms with Crippen LogP contribution in [-0.4, -0.2) is 31.1 Å². The summed E-state index contributed by atoms with van der Waals surface area (Å²) in [5.74, 6) is 0. The zero-order valence-electron chi connectivity index (χ0n) is 13.1. The Hall–Kier alpha value is -2.04. The van der Waals surface area contributed by atoms with Gasteiger partial charge in [-0.1, -0.05) is 18.2 Å². The normalized spacial score (nSPS) is 16.1. The second kappa shape index (κ2) is 6.22. The van der Waals surface area contributed by atoms with Crippen molar-refractivity contribution < 1.29 is 0 Å². The lowest BCUT2D eigenvalue weighted by molar-refractivity contribution is 0.252. The van der Waals surface area contributed by atoms with E-state index in [1.165, 1.54) is 20.7 Å². The largest absolute Gasteiger partial charge is 0.399 e. The van der Waals surface area contributed by atoms with Crippen LogP contribution in [-0.2, 0) is 6.54 Å². The maximum absolute atomic E-state index is 5.88. The van der Waals surface area contributed by atoms with E-state index in [1.807, 2.05) is 17.4 Å². The summed E-state index contributed by atoms with van der Waals surface area (Å²) in [6.07, 6.45) is 0. The number of nitrogens with zero attached hydrogens (tertiary/aromatic N) is 2. The Kier molecular flexibility index (Phi) is 3.93. The van der Waals surface area contributed by atoms with Gasteiger partial charge >= 0.3 is 0 Å². The molecule has 3 nitrogen and oxygen atoms in total. The lowest BCUT2D eigenvalue weighted by atomic mass is 10.2. The highest BCUT2D eigenvalue weighted by Crippen LogP contribution is 2.28. The number of nitrogen functional groups attached to an aromatic ring is 1. The van der Waals surface area contributed by atoms with Crippen LogP contribution in [0.4, 0.5) is 11.4 Å². The first-order chi connectivity index (χ1) is 11.3. The number of hydrogen-bond donors (Lipinski definition) is 1. The number of thiophene rings is 1. The molecule has 1 aromatic heterocycles. The Morgan fingerprint density at radius 1 is 0.913 bits per heavy atom. The van der Waals surface area contributed by atoms with Gasteiger partial charge in [0.1, 0.15) is 0 Å². The Balaban J connectivity index is 1.40. The van der Waals surface area contributed by atoms with E-state index in [4.69, 9.17) is 5.73 Å². The number of benzene rings is 2. The first-order valence-corrected chi connectivity index (χ1v) is 8.90. The minimum Gasteiger partial charge on any atom is -0.399 e. The summed E-state index contributed by atoms with van der Waals surface area (Å²) in [5, 5.41) is 1.27. The first kappa shape index (κ1) is 14.5. The van der Waals surface area contributed by atoms with Crippen LogP contribution >= 0.6 is 11.3 Å². The number of rotatable bonds is 3. The number of anilines is 2. The van der Waals surface area contributed by atoms with Crippen molar-refractivity contribution in [2.75, 3.05) is 36.8 Å². The highest BCUT2D eigenvalue weighted by molar-refractivity contribution is 7.19. The van der Waals surface area contributed by atoms with Gasteiger partial charge in [-0.3, -0.25) is 4.90 Å². The first-order valence-electron chi connectivity index (χ1n) is 8.08. The highest BCUT2D eigenvalue weighted by atomic mass is 32.1.